The summed E-state index contributed by atoms with van der Waals surface area (Å²) < 4.78 is 28.6. The van der Waals surface area contributed by atoms with Crippen molar-refractivity contribution in [2.24, 2.45) is 5.92 Å². The number of hydrogen-bond acceptors (Lipinski definition) is 3. The predicted octanol–water partition coefficient (Wildman–Crippen LogP) is 1.04. The van der Waals surface area contributed by atoms with Crippen molar-refractivity contribution in [2.45, 2.75) is 32.7 Å². The minimum atomic E-state index is -3.39. The number of hydrogen-bond donors (Lipinski definition) is 2. The van der Waals surface area contributed by atoms with Crippen LogP contribution in [0, 0.1) is 5.92 Å². The first-order chi connectivity index (χ1) is 8.49. The monoisotopic (exact) mass is 272 g/mol. The zero-order valence-corrected chi connectivity index (χ0v) is 11.6. The van der Waals surface area contributed by atoms with Crippen LogP contribution in [0.3, 0.4) is 0 Å². The number of rotatable bonds is 4. The summed E-state index contributed by atoms with van der Waals surface area (Å²) in [5.41, 5.74) is 0.837. The molecule has 0 spiro atoms. The second-order valence-electron chi connectivity index (χ2n) is 4.96. The number of aromatic nitrogens is 2. The lowest BCUT2D eigenvalue weighted by molar-refractivity contribution is 0.284. The highest BCUT2D eigenvalue weighted by atomic mass is 32.2. The van der Waals surface area contributed by atoms with E-state index in [4.69, 9.17) is 0 Å². The average molecular weight is 272 g/mol. The van der Waals surface area contributed by atoms with Gasteiger partial charge in [0.15, 0.2) is 0 Å². The third-order valence-corrected chi connectivity index (χ3v) is 5.12. The van der Waals surface area contributed by atoms with Crippen molar-refractivity contribution < 1.29 is 8.42 Å². The van der Waals surface area contributed by atoms with Crippen molar-refractivity contribution in [3.8, 4) is 0 Å². The van der Waals surface area contributed by atoms with Crippen molar-refractivity contribution in [3.63, 3.8) is 0 Å². The minimum absolute atomic E-state index is 0.270. The summed E-state index contributed by atoms with van der Waals surface area (Å²) in [5, 5.41) is 6.51. The highest BCUT2D eigenvalue weighted by Crippen LogP contribution is 2.19. The quantitative estimate of drug-likeness (QED) is 0.859. The fraction of sp³-hybridized carbons (Fsp3) is 0.727. The molecule has 2 heterocycles. The molecule has 1 fully saturated rings. The Morgan fingerprint density at radius 2 is 2.17 bits per heavy atom. The molecular formula is C11H20N4O2S. The fourth-order valence-corrected chi connectivity index (χ4v) is 3.51. The predicted molar refractivity (Wildman–Crippen MR) is 69.0 cm³/mol. The largest absolute Gasteiger partial charge is 0.285 e. The van der Waals surface area contributed by atoms with Crippen molar-refractivity contribution in [1.29, 1.82) is 0 Å². The smallest absolute Gasteiger partial charge is 0.279 e. The molecule has 7 heteroatoms. The van der Waals surface area contributed by atoms with Gasteiger partial charge in [-0.05, 0) is 25.7 Å². The minimum Gasteiger partial charge on any atom is -0.285 e. The molecule has 2 N–H and O–H groups in total. The summed E-state index contributed by atoms with van der Waals surface area (Å²) in [5.74, 6) is 0.614. The number of nitrogens with one attached hydrogen (secondary N) is 2. The standard InChI is InChI=1S/C11H20N4O2S/c1-9-3-5-15(6-4-9)18(16,17)14-10(2)11-7-12-13-8-11/h7-10,14H,3-6H2,1-2H3,(H,12,13). The number of H-pyrrole nitrogens is 1. The van der Waals surface area contributed by atoms with Crippen molar-refractivity contribution in [1.82, 2.24) is 19.2 Å². The molecule has 6 nitrogen and oxygen atoms in total. The zero-order valence-electron chi connectivity index (χ0n) is 10.8. The van der Waals surface area contributed by atoms with E-state index in [1.807, 2.05) is 6.92 Å². The second-order valence-corrected chi connectivity index (χ2v) is 6.66. The Morgan fingerprint density at radius 3 is 2.72 bits per heavy atom. The van der Waals surface area contributed by atoms with Gasteiger partial charge < -0.3 is 0 Å². The molecule has 1 aromatic rings. The molecule has 1 aromatic heterocycles. The van der Waals surface area contributed by atoms with Crippen LogP contribution in [0.2, 0.25) is 0 Å². The molecule has 0 saturated carbocycles. The molecule has 1 unspecified atom stereocenters. The van der Waals surface area contributed by atoms with Gasteiger partial charge in [0.1, 0.15) is 0 Å². The van der Waals surface area contributed by atoms with E-state index in [2.05, 4.69) is 21.8 Å². The van der Waals surface area contributed by atoms with E-state index in [9.17, 15) is 8.42 Å². The van der Waals surface area contributed by atoms with Gasteiger partial charge in [0.25, 0.3) is 10.2 Å². The van der Waals surface area contributed by atoms with Gasteiger partial charge >= 0.3 is 0 Å². The molecular weight excluding hydrogens is 252 g/mol. The van der Waals surface area contributed by atoms with Crippen LogP contribution < -0.4 is 4.72 Å². The van der Waals surface area contributed by atoms with Gasteiger partial charge in [-0.2, -0.15) is 22.5 Å². The summed E-state index contributed by atoms with van der Waals surface area (Å²) >= 11 is 0. The second kappa shape index (κ2) is 5.38. The Hall–Kier alpha value is -0.920. The molecule has 1 aliphatic heterocycles. The van der Waals surface area contributed by atoms with Crippen LogP contribution in [0.4, 0.5) is 0 Å². The van der Waals surface area contributed by atoms with E-state index in [-0.39, 0.29) is 6.04 Å². The van der Waals surface area contributed by atoms with Crippen LogP contribution in [0.25, 0.3) is 0 Å². The zero-order chi connectivity index (χ0) is 13.2. The molecule has 1 atom stereocenters. The van der Waals surface area contributed by atoms with Crippen molar-refractivity contribution in [3.05, 3.63) is 18.0 Å². The summed E-state index contributed by atoms with van der Waals surface area (Å²) in [6.45, 7) is 5.18. The summed E-state index contributed by atoms with van der Waals surface area (Å²) in [6.07, 6.45) is 5.19. The van der Waals surface area contributed by atoms with Crippen LogP contribution >= 0.6 is 0 Å². The maximum Gasteiger partial charge on any atom is 0.279 e. The van der Waals surface area contributed by atoms with Gasteiger partial charge in [-0.3, -0.25) is 5.10 Å². The topological polar surface area (TPSA) is 78.1 Å². The average Bonchev–Trinajstić information content (AvgIpc) is 2.82. The molecule has 0 aliphatic carbocycles. The van der Waals surface area contributed by atoms with E-state index in [0.717, 1.165) is 18.4 Å². The normalized spacial score (nSPS) is 21.0. The highest BCUT2D eigenvalue weighted by molar-refractivity contribution is 7.87. The van der Waals surface area contributed by atoms with Crippen molar-refractivity contribution in [2.75, 3.05) is 13.1 Å². The first-order valence-corrected chi connectivity index (χ1v) is 7.69. The third kappa shape index (κ3) is 3.09. The fourth-order valence-electron chi connectivity index (χ4n) is 2.09. The number of aromatic amines is 1. The molecule has 0 amide bonds. The van der Waals surface area contributed by atoms with Crippen LogP contribution in [-0.2, 0) is 10.2 Å². The lowest BCUT2D eigenvalue weighted by atomic mass is 10.0. The van der Waals surface area contributed by atoms with Gasteiger partial charge in [0.05, 0.1) is 6.20 Å². The number of piperidine rings is 1. The van der Waals surface area contributed by atoms with E-state index in [0.29, 0.717) is 19.0 Å². The van der Waals surface area contributed by atoms with E-state index in [1.54, 1.807) is 12.4 Å². The summed E-state index contributed by atoms with van der Waals surface area (Å²) in [6, 6.07) is -0.270. The van der Waals surface area contributed by atoms with E-state index in [1.165, 1.54) is 4.31 Å². The Morgan fingerprint density at radius 1 is 1.50 bits per heavy atom. The van der Waals surface area contributed by atoms with Crippen LogP contribution in [0.5, 0.6) is 0 Å². The van der Waals surface area contributed by atoms with E-state index >= 15 is 0 Å². The Balaban J connectivity index is 1.99. The van der Waals surface area contributed by atoms with Crippen LogP contribution in [0.1, 0.15) is 38.3 Å². The lowest BCUT2D eigenvalue weighted by Crippen LogP contribution is -2.45. The Bertz CT molecular complexity index is 463. The summed E-state index contributed by atoms with van der Waals surface area (Å²) in [7, 11) is -3.39. The van der Waals surface area contributed by atoms with Gasteiger partial charge in [0, 0.05) is 30.9 Å². The van der Waals surface area contributed by atoms with Crippen LogP contribution in [-0.4, -0.2) is 36.0 Å². The molecule has 0 radical (unpaired) electrons. The van der Waals surface area contributed by atoms with Gasteiger partial charge in [-0.15, -0.1) is 0 Å². The highest BCUT2D eigenvalue weighted by Gasteiger charge is 2.27. The molecule has 0 bridgehead atoms. The molecule has 1 aliphatic rings. The van der Waals surface area contributed by atoms with Gasteiger partial charge in [0.2, 0.25) is 0 Å². The molecule has 0 aromatic carbocycles. The molecule has 1 saturated heterocycles. The third-order valence-electron chi connectivity index (χ3n) is 3.43. The van der Waals surface area contributed by atoms with Gasteiger partial charge in [-0.25, -0.2) is 0 Å². The number of nitrogens with zero attached hydrogens (tertiary/aromatic N) is 2. The Kier molecular flexibility index (Phi) is 4.04. The van der Waals surface area contributed by atoms with Crippen LogP contribution in [0.15, 0.2) is 12.4 Å². The molecule has 18 heavy (non-hydrogen) atoms. The maximum absolute atomic E-state index is 12.2. The molecule has 2 rings (SSSR count). The molecule has 102 valence electrons. The first-order valence-electron chi connectivity index (χ1n) is 6.25. The first kappa shape index (κ1) is 13.5. The van der Waals surface area contributed by atoms with E-state index < -0.39 is 10.2 Å². The maximum atomic E-state index is 12.2. The van der Waals surface area contributed by atoms with Crippen molar-refractivity contribution >= 4 is 10.2 Å². The lowest BCUT2D eigenvalue weighted by Gasteiger charge is -2.30. The summed E-state index contributed by atoms with van der Waals surface area (Å²) in [4.78, 5) is 0. The van der Waals surface area contributed by atoms with Gasteiger partial charge in [-0.1, -0.05) is 6.92 Å². The Labute approximate surface area is 108 Å². The SMILES string of the molecule is CC1CCN(S(=O)(=O)NC(C)c2cn[nH]c2)CC1.